The molecule has 1 saturated heterocycles. The minimum absolute atomic E-state index is 0.0757. The molecule has 4 rings (SSSR count). The first-order chi connectivity index (χ1) is 16.0. The number of rotatable bonds is 10. The van der Waals surface area contributed by atoms with Gasteiger partial charge < -0.3 is 25.0 Å². The van der Waals surface area contributed by atoms with E-state index in [1.807, 2.05) is 24.3 Å². The molecule has 1 aliphatic heterocycles. The minimum atomic E-state index is -1.16. The van der Waals surface area contributed by atoms with Gasteiger partial charge in [-0.2, -0.15) is 0 Å². The molecule has 1 saturated carbocycles. The van der Waals surface area contributed by atoms with E-state index in [0.29, 0.717) is 42.9 Å². The van der Waals surface area contributed by atoms with Crippen molar-refractivity contribution in [1.29, 1.82) is 0 Å². The second kappa shape index (κ2) is 10.9. The average Bonchev–Trinajstić information content (AvgIpc) is 3.44. The summed E-state index contributed by atoms with van der Waals surface area (Å²) >= 11 is 0. The number of hydrogen-bond acceptors (Lipinski definition) is 6. The molecule has 1 unspecified atom stereocenters. The Morgan fingerprint density at radius 2 is 1.97 bits per heavy atom. The van der Waals surface area contributed by atoms with Crippen LogP contribution in [0.25, 0.3) is 11.0 Å². The van der Waals surface area contributed by atoms with Crippen LogP contribution in [0.15, 0.2) is 34.7 Å². The molecular weight excluding hydrogens is 422 g/mol. The molecule has 2 aliphatic rings. The van der Waals surface area contributed by atoms with Gasteiger partial charge in [-0.25, -0.2) is 0 Å². The van der Waals surface area contributed by atoms with Gasteiger partial charge in [0.15, 0.2) is 6.23 Å². The summed E-state index contributed by atoms with van der Waals surface area (Å²) in [7, 11) is 0. The van der Waals surface area contributed by atoms with Crippen LogP contribution in [-0.2, 0) is 14.4 Å². The second-order valence-electron chi connectivity index (χ2n) is 9.31. The van der Waals surface area contributed by atoms with Crippen molar-refractivity contribution in [2.75, 3.05) is 6.54 Å². The zero-order valence-electron chi connectivity index (χ0n) is 18.8. The molecule has 0 radical (unpaired) electrons. The highest BCUT2D eigenvalue weighted by Crippen LogP contribution is 2.29. The highest BCUT2D eigenvalue weighted by atomic mass is 16.4. The smallest absolute Gasteiger partial charge is 0.237 e. The van der Waals surface area contributed by atoms with Gasteiger partial charge in [0.1, 0.15) is 17.6 Å². The Morgan fingerprint density at radius 3 is 2.67 bits per heavy atom. The van der Waals surface area contributed by atoms with Crippen molar-refractivity contribution in [2.24, 2.45) is 11.8 Å². The lowest BCUT2D eigenvalue weighted by Gasteiger charge is -2.28. The van der Waals surface area contributed by atoms with E-state index in [-0.39, 0.29) is 24.2 Å². The van der Waals surface area contributed by atoms with E-state index in [4.69, 9.17) is 4.42 Å². The van der Waals surface area contributed by atoms with Crippen molar-refractivity contribution in [1.82, 2.24) is 16.0 Å². The first-order valence-corrected chi connectivity index (χ1v) is 12.0. The van der Waals surface area contributed by atoms with Crippen LogP contribution in [0.3, 0.4) is 0 Å². The monoisotopic (exact) mass is 455 g/mol. The molecule has 8 nitrogen and oxygen atoms in total. The first kappa shape index (κ1) is 23.4. The molecule has 2 fully saturated rings. The molecule has 1 aliphatic carbocycles. The number of aliphatic hydroxyl groups is 1. The Kier molecular flexibility index (Phi) is 7.77. The Morgan fingerprint density at radius 1 is 1.18 bits per heavy atom. The van der Waals surface area contributed by atoms with Crippen LogP contribution in [-0.4, -0.2) is 41.8 Å². The molecule has 4 atom stereocenters. The summed E-state index contributed by atoms with van der Waals surface area (Å²) in [6.07, 6.45) is 6.62. The maximum Gasteiger partial charge on any atom is 0.237 e. The Labute approximate surface area is 193 Å². The number of aliphatic hydroxyl groups excluding tert-OH is 1. The third-order valence-corrected chi connectivity index (χ3v) is 6.88. The Balaban J connectivity index is 1.44. The SMILES string of the molecule is O=C[C@H](C[C@@H]1CCNC1=O)NC(=O)[C@H](CC1CCCCC1)NC(O)c1cc2ccccc2o1. The van der Waals surface area contributed by atoms with Crippen molar-refractivity contribution in [2.45, 2.75) is 69.7 Å². The van der Waals surface area contributed by atoms with E-state index in [1.165, 1.54) is 6.42 Å². The summed E-state index contributed by atoms with van der Waals surface area (Å²) in [5.41, 5.74) is 0.664. The van der Waals surface area contributed by atoms with Gasteiger partial charge >= 0.3 is 0 Å². The van der Waals surface area contributed by atoms with Crippen LogP contribution in [0.2, 0.25) is 0 Å². The Hall–Kier alpha value is -2.71. The molecule has 2 aromatic rings. The normalized spacial score (nSPS) is 22.0. The molecular formula is C25H33N3O5. The van der Waals surface area contributed by atoms with Crippen LogP contribution in [0.5, 0.6) is 0 Å². The van der Waals surface area contributed by atoms with Crippen molar-refractivity contribution in [3.05, 3.63) is 36.1 Å². The van der Waals surface area contributed by atoms with E-state index in [0.717, 1.165) is 31.1 Å². The largest absolute Gasteiger partial charge is 0.457 e. The Bertz CT molecular complexity index is 935. The minimum Gasteiger partial charge on any atom is -0.457 e. The number of fused-ring (bicyclic) bond motifs is 1. The second-order valence-corrected chi connectivity index (χ2v) is 9.31. The van der Waals surface area contributed by atoms with Crippen LogP contribution < -0.4 is 16.0 Å². The first-order valence-electron chi connectivity index (χ1n) is 12.0. The molecule has 178 valence electrons. The van der Waals surface area contributed by atoms with E-state index in [9.17, 15) is 19.5 Å². The molecule has 0 spiro atoms. The number of nitrogens with one attached hydrogen (secondary N) is 3. The third kappa shape index (κ3) is 6.00. The maximum atomic E-state index is 13.2. The van der Waals surface area contributed by atoms with Gasteiger partial charge in [-0.15, -0.1) is 0 Å². The van der Waals surface area contributed by atoms with Crippen LogP contribution >= 0.6 is 0 Å². The van der Waals surface area contributed by atoms with Gasteiger partial charge in [-0.3, -0.25) is 14.9 Å². The van der Waals surface area contributed by atoms with E-state index < -0.39 is 18.3 Å². The summed E-state index contributed by atoms with van der Waals surface area (Å²) in [6, 6.07) is 7.81. The van der Waals surface area contributed by atoms with Gasteiger partial charge in [0.05, 0.1) is 12.1 Å². The zero-order valence-corrected chi connectivity index (χ0v) is 18.8. The van der Waals surface area contributed by atoms with E-state index in [2.05, 4.69) is 16.0 Å². The fourth-order valence-corrected chi connectivity index (χ4v) is 5.03. The van der Waals surface area contributed by atoms with E-state index >= 15 is 0 Å². The number of amides is 2. The summed E-state index contributed by atoms with van der Waals surface area (Å²) in [5.74, 6) is 0.0262. The molecule has 1 aromatic heterocycles. The lowest BCUT2D eigenvalue weighted by molar-refractivity contribution is -0.128. The lowest BCUT2D eigenvalue weighted by Crippen LogP contribution is -2.50. The van der Waals surface area contributed by atoms with Crippen molar-refractivity contribution in [3.63, 3.8) is 0 Å². The van der Waals surface area contributed by atoms with Gasteiger partial charge in [-0.05, 0) is 37.3 Å². The standard InChI is InChI=1S/C25H33N3O5/c29-15-19(13-18-10-11-26-23(18)30)27-24(31)20(12-16-6-2-1-3-7-16)28-25(32)22-14-17-8-4-5-9-21(17)33-22/h4-5,8-9,14-16,18-20,25,28,32H,1-3,6-7,10-13H2,(H,26,30)(H,27,31)/t18-,19-,20-,25?/m0/s1. The highest BCUT2D eigenvalue weighted by molar-refractivity contribution is 5.85. The predicted molar refractivity (Wildman–Crippen MR) is 123 cm³/mol. The number of furan rings is 1. The molecule has 4 N–H and O–H groups in total. The van der Waals surface area contributed by atoms with Crippen LogP contribution in [0.1, 0.15) is 63.4 Å². The van der Waals surface area contributed by atoms with Crippen molar-refractivity contribution < 1.29 is 23.9 Å². The molecule has 2 heterocycles. The molecule has 2 amide bonds. The van der Waals surface area contributed by atoms with Gasteiger partial charge in [0.25, 0.3) is 0 Å². The fourth-order valence-electron chi connectivity index (χ4n) is 5.03. The summed E-state index contributed by atoms with van der Waals surface area (Å²) in [6.45, 7) is 0.596. The zero-order chi connectivity index (χ0) is 23.2. The maximum absolute atomic E-state index is 13.2. The highest BCUT2D eigenvalue weighted by Gasteiger charge is 2.31. The molecule has 1 aromatic carbocycles. The van der Waals surface area contributed by atoms with Crippen LogP contribution in [0.4, 0.5) is 0 Å². The lowest BCUT2D eigenvalue weighted by atomic mass is 9.84. The van der Waals surface area contributed by atoms with Gasteiger partial charge in [0.2, 0.25) is 11.8 Å². The summed E-state index contributed by atoms with van der Waals surface area (Å²) < 4.78 is 5.76. The van der Waals surface area contributed by atoms with E-state index in [1.54, 1.807) is 6.07 Å². The van der Waals surface area contributed by atoms with Gasteiger partial charge in [0, 0.05) is 17.8 Å². The number of hydrogen-bond donors (Lipinski definition) is 4. The van der Waals surface area contributed by atoms with Gasteiger partial charge in [-0.1, -0.05) is 50.3 Å². The number of aldehydes is 1. The quantitative estimate of drug-likeness (QED) is 0.323. The summed E-state index contributed by atoms with van der Waals surface area (Å²) in [4.78, 5) is 36.8. The number of carbonyl (C=O) groups excluding carboxylic acids is 3. The van der Waals surface area contributed by atoms with Crippen molar-refractivity contribution >= 4 is 29.1 Å². The topological polar surface area (TPSA) is 121 Å². The predicted octanol–water partition coefficient (Wildman–Crippen LogP) is 2.56. The van der Waals surface area contributed by atoms with Crippen molar-refractivity contribution in [3.8, 4) is 0 Å². The molecule has 33 heavy (non-hydrogen) atoms. The van der Waals surface area contributed by atoms with Crippen LogP contribution in [0, 0.1) is 11.8 Å². The molecule has 8 heteroatoms. The number of benzene rings is 1. The molecule has 0 bridgehead atoms. The summed E-state index contributed by atoms with van der Waals surface area (Å²) in [5, 5.41) is 20.3. The number of para-hydroxylation sites is 1. The number of carbonyl (C=O) groups is 3. The third-order valence-electron chi connectivity index (χ3n) is 6.88. The fraction of sp³-hybridized carbons (Fsp3) is 0.560. The average molecular weight is 456 g/mol.